The van der Waals surface area contributed by atoms with Crippen molar-refractivity contribution in [3.63, 3.8) is 0 Å². The SMILES string of the molecule is COc1cccc2sc(N3CC(OC(=O)CN4C(=O)c5ccccc5C4=O)C3)nc12. The molecule has 0 spiro atoms. The first-order valence-corrected chi connectivity index (χ1v) is 10.2. The second-order valence-corrected chi connectivity index (χ2v) is 8.07. The van der Waals surface area contributed by atoms with E-state index in [1.165, 1.54) is 0 Å². The smallest absolute Gasteiger partial charge is 0.326 e. The topological polar surface area (TPSA) is 89.0 Å². The van der Waals surface area contributed by atoms with Crippen molar-refractivity contribution in [2.24, 2.45) is 0 Å². The molecule has 0 aliphatic carbocycles. The summed E-state index contributed by atoms with van der Waals surface area (Å²) in [4.78, 5) is 44.6. The van der Waals surface area contributed by atoms with E-state index in [0.29, 0.717) is 24.2 Å². The van der Waals surface area contributed by atoms with Gasteiger partial charge in [-0.25, -0.2) is 4.98 Å². The zero-order chi connectivity index (χ0) is 20.8. The molecule has 1 fully saturated rings. The Morgan fingerprint density at radius 3 is 2.47 bits per heavy atom. The lowest BCUT2D eigenvalue weighted by atomic mass is 10.1. The van der Waals surface area contributed by atoms with Gasteiger partial charge in [-0.15, -0.1) is 0 Å². The van der Waals surface area contributed by atoms with Gasteiger partial charge in [-0.2, -0.15) is 0 Å². The molecule has 2 aliphatic heterocycles. The Labute approximate surface area is 175 Å². The molecule has 0 atom stereocenters. The summed E-state index contributed by atoms with van der Waals surface area (Å²) >= 11 is 1.55. The number of aromatic nitrogens is 1. The molecule has 2 aliphatic rings. The Balaban J connectivity index is 1.19. The van der Waals surface area contributed by atoms with Crippen LogP contribution < -0.4 is 9.64 Å². The predicted molar refractivity (Wildman–Crippen MR) is 110 cm³/mol. The zero-order valence-electron chi connectivity index (χ0n) is 16.0. The molecule has 2 amide bonds. The van der Waals surface area contributed by atoms with Gasteiger partial charge in [-0.3, -0.25) is 19.3 Å². The third kappa shape index (κ3) is 2.98. The second-order valence-electron chi connectivity index (χ2n) is 7.06. The molecule has 3 aromatic rings. The number of carbonyl (C=O) groups is 3. The first-order chi connectivity index (χ1) is 14.5. The summed E-state index contributed by atoms with van der Waals surface area (Å²) in [7, 11) is 1.61. The van der Waals surface area contributed by atoms with E-state index in [1.807, 2.05) is 23.1 Å². The van der Waals surface area contributed by atoms with E-state index in [9.17, 15) is 14.4 Å². The van der Waals surface area contributed by atoms with E-state index < -0.39 is 17.8 Å². The number of benzene rings is 2. The Kier molecular flexibility index (Phi) is 4.39. The lowest BCUT2D eigenvalue weighted by molar-refractivity contribution is -0.150. The maximum absolute atomic E-state index is 12.4. The number of amides is 2. The average Bonchev–Trinajstić information content (AvgIpc) is 3.25. The molecule has 0 bridgehead atoms. The van der Waals surface area contributed by atoms with Crippen LogP contribution in [0.5, 0.6) is 5.75 Å². The highest BCUT2D eigenvalue weighted by atomic mass is 32.1. The summed E-state index contributed by atoms with van der Waals surface area (Å²) in [6.07, 6.45) is -0.304. The van der Waals surface area contributed by atoms with E-state index >= 15 is 0 Å². The molecule has 30 heavy (non-hydrogen) atoms. The standard InChI is InChI=1S/C21H17N3O5S/c1-28-15-7-4-8-16-18(15)22-21(30-16)23-9-12(10-23)29-17(25)11-24-19(26)13-5-2-3-6-14(13)20(24)27/h2-8,12H,9-11H2,1H3. The maximum atomic E-state index is 12.4. The fourth-order valence-corrected chi connectivity index (χ4v) is 4.62. The van der Waals surface area contributed by atoms with Gasteiger partial charge < -0.3 is 14.4 Å². The molecule has 0 unspecified atom stereocenters. The van der Waals surface area contributed by atoms with Gasteiger partial charge in [0, 0.05) is 0 Å². The third-order valence-electron chi connectivity index (χ3n) is 5.17. The molecule has 8 nitrogen and oxygen atoms in total. The first-order valence-electron chi connectivity index (χ1n) is 9.38. The molecular formula is C21H17N3O5S. The largest absolute Gasteiger partial charge is 0.494 e. The molecule has 3 heterocycles. The number of esters is 1. The summed E-state index contributed by atoms with van der Waals surface area (Å²) in [5.74, 6) is -0.808. The Morgan fingerprint density at radius 2 is 1.80 bits per heavy atom. The van der Waals surface area contributed by atoms with Crippen molar-refractivity contribution in [1.82, 2.24) is 9.88 Å². The third-order valence-corrected chi connectivity index (χ3v) is 6.25. The Bertz CT molecular complexity index is 1150. The van der Waals surface area contributed by atoms with Gasteiger partial charge in [0.15, 0.2) is 5.13 Å². The van der Waals surface area contributed by atoms with Crippen LogP contribution in [0.25, 0.3) is 10.2 Å². The first kappa shape index (κ1) is 18.6. The number of carbonyl (C=O) groups excluding carboxylic acids is 3. The number of fused-ring (bicyclic) bond motifs is 2. The van der Waals surface area contributed by atoms with E-state index in [4.69, 9.17) is 9.47 Å². The van der Waals surface area contributed by atoms with Crippen LogP contribution in [0.2, 0.25) is 0 Å². The number of anilines is 1. The lowest BCUT2D eigenvalue weighted by Gasteiger charge is -2.38. The maximum Gasteiger partial charge on any atom is 0.326 e. The van der Waals surface area contributed by atoms with Crippen LogP contribution >= 0.6 is 11.3 Å². The minimum atomic E-state index is -0.597. The van der Waals surface area contributed by atoms with Gasteiger partial charge in [0.2, 0.25) is 0 Å². The summed E-state index contributed by atoms with van der Waals surface area (Å²) in [6.45, 7) is 0.632. The molecule has 0 saturated carbocycles. The Morgan fingerprint density at radius 1 is 1.10 bits per heavy atom. The van der Waals surface area contributed by atoms with Crippen LogP contribution in [0.3, 0.4) is 0 Å². The number of imide groups is 1. The van der Waals surface area contributed by atoms with Gasteiger partial charge in [-0.05, 0) is 24.3 Å². The van der Waals surface area contributed by atoms with Crippen LogP contribution in [0.4, 0.5) is 5.13 Å². The van der Waals surface area contributed by atoms with Crippen molar-refractivity contribution in [3.8, 4) is 5.75 Å². The Hall–Kier alpha value is -3.46. The van der Waals surface area contributed by atoms with Crippen LogP contribution in [0, 0.1) is 0 Å². The summed E-state index contributed by atoms with van der Waals surface area (Å²) in [5.41, 5.74) is 1.44. The van der Waals surface area contributed by atoms with Gasteiger partial charge in [0.1, 0.15) is 23.9 Å². The van der Waals surface area contributed by atoms with Crippen molar-refractivity contribution in [1.29, 1.82) is 0 Å². The fourth-order valence-electron chi connectivity index (χ4n) is 3.62. The molecule has 0 radical (unpaired) electrons. The number of para-hydroxylation sites is 1. The van der Waals surface area contributed by atoms with E-state index in [1.54, 1.807) is 42.7 Å². The fraction of sp³-hybridized carbons (Fsp3) is 0.238. The van der Waals surface area contributed by atoms with Crippen molar-refractivity contribution < 1.29 is 23.9 Å². The monoisotopic (exact) mass is 423 g/mol. The van der Waals surface area contributed by atoms with Gasteiger partial charge >= 0.3 is 5.97 Å². The van der Waals surface area contributed by atoms with Crippen molar-refractivity contribution in [3.05, 3.63) is 53.6 Å². The molecule has 5 rings (SSSR count). The zero-order valence-corrected chi connectivity index (χ0v) is 16.8. The summed E-state index contributed by atoms with van der Waals surface area (Å²) in [5, 5.41) is 0.835. The molecule has 152 valence electrons. The van der Waals surface area contributed by atoms with Crippen molar-refractivity contribution in [2.45, 2.75) is 6.10 Å². The van der Waals surface area contributed by atoms with Crippen LogP contribution in [-0.4, -0.2) is 60.5 Å². The predicted octanol–water partition coefficient (Wildman–Crippen LogP) is 2.33. The number of nitrogens with zero attached hydrogens (tertiary/aromatic N) is 3. The highest BCUT2D eigenvalue weighted by molar-refractivity contribution is 7.22. The van der Waals surface area contributed by atoms with Crippen LogP contribution in [-0.2, 0) is 9.53 Å². The highest BCUT2D eigenvalue weighted by Crippen LogP contribution is 2.36. The summed E-state index contributed by atoms with van der Waals surface area (Å²) in [6, 6.07) is 12.3. The number of hydrogen-bond acceptors (Lipinski definition) is 8. The summed E-state index contributed by atoms with van der Waals surface area (Å²) < 4.78 is 11.8. The average molecular weight is 423 g/mol. The van der Waals surface area contributed by atoms with E-state index in [2.05, 4.69) is 4.98 Å². The lowest BCUT2D eigenvalue weighted by Crippen LogP contribution is -2.53. The van der Waals surface area contributed by atoms with Crippen molar-refractivity contribution in [2.75, 3.05) is 31.6 Å². The highest BCUT2D eigenvalue weighted by Gasteiger charge is 2.38. The molecule has 0 N–H and O–H groups in total. The quantitative estimate of drug-likeness (QED) is 0.460. The minimum absolute atomic E-state index is 0.304. The van der Waals surface area contributed by atoms with E-state index in [-0.39, 0.29) is 12.6 Å². The molecular weight excluding hydrogens is 406 g/mol. The molecule has 2 aromatic carbocycles. The van der Waals surface area contributed by atoms with Crippen LogP contribution in [0.15, 0.2) is 42.5 Å². The molecule has 1 aromatic heterocycles. The second kappa shape index (κ2) is 7.10. The molecule has 9 heteroatoms. The number of hydrogen-bond donors (Lipinski definition) is 0. The number of ether oxygens (including phenoxy) is 2. The van der Waals surface area contributed by atoms with Crippen LogP contribution in [0.1, 0.15) is 20.7 Å². The van der Waals surface area contributed by atoms with Crippen molar-refractivity contribution >= 4 is 44.5 Å². The van der Waals surface area contributed by atoms with E-state index in [0.717, 1.165) is 26.0 Å². The van der Waals surface area contributed by atoms with Gasteiger partial charge in [0.25, 0.3) is 11.8 Å². The normalized spacial score (nSPS) is 16.0. The molecule has 1 saturated heterocycles. The number of rotatable bonds is 5. The van der Waals surface area contributed by atoms with Gasteiger partial charge in [-0.1, -0.05) is 29.5 Å². The van der Waals surface area contributed by atoms with Gasteiger partial charge in [0.05, 0.1) is 36.0 Å². The minimum Gasteiger partial charge on any atom is -0.494 e. The number of methoxy groups -OCH3 is 1. The number of thiazole rings is 1.